The number of aliphatic carboxylic acids is 1. The maximum Gasteiger partial charge on any atom is 0.303 e. The van der Waals surface area contributed by atoms with Crippen LogP contribution in [0, 0.1) is 16.0 Å². The van der Waals surface area contributed by atoms with Crippen LogP contribution in [0.5, 0.6) is 0 Å². The SMILES string of the molecule is O=C(O)CC1CCN(S(=O)(=O)c2cccc([N+](=O)[O-])c2)CC1. The zero-order chi connectivity index (χ0) is 16.3. The highest BCUT2D eigenvalue weighted by Crippen LogP contribution is 2.27. The largest absolute Gasteiger partial charge is 0.481 e. The number of carbonyl (C=O) groups is 1. The first-order valence-electron chi connectivity index (χ1n) is 6.77. The zero-order valence-corrected chi connectivity index (χ0v) is 12.5. The summed E-state index contributed by atoms with van der Waals surface area (Å²) < 4.78 is 26.2. The van der Waals surface area contributed by atoms with Crippen molar-refractivity contribution < 1.29 is 23.2 Å². The summed E-state index contributed by atoms with van der Waals surface area (Å²) in [5.41, 5.74) is -0.276. The second kappa shape index (κ2) is 6.41. The number of carboxylic acids is 1. The minimum atomic E-state index is -3.79. The quantitative estimate of drug-likeness (QED) is 0.646. The van der Waals surface area contributed by atoms with E-state index in [1.54, 1.807) is 0 Å². The maximum atomic E-state index is 12.5. The van der Waals surface area contributed by atoms with Crippen molar-refractivity contribution >= 4 is 21.7 Å². The Kier molecular flexibility index (Phi) is 4.77. The molecule has 1 N–H and O–H groups in total. The van der Waals surface area contributed by atoms with Crippen molar-refractivity contribution in [1.82, 2.24) is 4.31 Å². The maximum absolute atomic E-state index is 12.5. The lowest BCUT2D eigenvalue weighted by Crippen LogP contribution is -2.38. The molecule has 22 heavy (non-hydrogen) atoms. The summed E-state index contributed by atoms with van der Waals surface area (Å²) >= 11 is 0. The molecule has 120 valence electrons. The van der Waals surface area contributed by atoms with E-state index in [9.17, 15) is 23.3 Å². The lowest BCUT2D eigenvalue weighted by molar-refractivity contribution is -0.385. The Morgan fingerprint density at radius 1 is 1.36 bits per heavy atom. The molecule has 1 aromatic rings. The minimum absolute atomic E-state index is 0.0324. The summed E-state index contributed by atoms with van der Waals surface area (Å²) in [6.45, 7) is 0.450. The summed E-state index contributed by atoms with van der Waals surface area (Å²) in [6.07, 6.45) is 0.978. The van der Waals surface area contributed by atoms with E-state index < -0.39 is 20.9 Å². The van der Waals surface area contributed by atoms with Crippen molar-refractivity contribution in [2.24, 2.45) is 5.92 Å². The Labute approximate surface area is 127 Å². The van der Waals surface area contributed by atoms with Gasteiger partial charge in [0.15, 0.2) is 0 Å². The Morgan fingerprint density at radius 3 is 2.55 bits per heavy atom. The van der Waals surface area contributed by atoms with Crippen LogP contribution < -0.4 is 0 Å². The Bertz CT molecular complexity index is 680. The normalized spacial score (nSPS) is 17.3. The van der Waals surface area contributed by atoms with Gasteiger partial charge in [-0.25, -0.2) is 8.42 Å². The molecule has 9 heteroatoms. The number of hydrogen-bond donors (Lipinski definition) is 1. The average Bonchev–Trinajstić information content (AvgIpc) is 2.47. The number of nitro benzene ring substituents is 1. The molecule has 1 aliphatic rings. The zero-order valence-electron chi connectivity index (χ0n) is 11.7. The molecule has 0 unspecified atom stereocenters. The van der Waals surface area contributed by atoms with Crippen molar-refractivity contribution in [1.29, 1.82) is 0 Å². The monoisotopic (exact) mass is 328 g/mol. The van der Waals surface area contributed by atoms with Crippen LogP contribution in [0.3, 0.4) is 0 Å². The summed E-state index contributed by atoms with van der Waals surface area (Å²) in [5, 5.41) is 19.5. The van der Waals surface area contributed by atoms with Gasteiger partial charge in [0.2, 0.25) is 10.0 Å². The molecule has 0 aliphatic carbocycles. The molecule has 0 aromatic heterocycles. The predicted molar refractivity (Wildman–Crippen MR) is 76.8 cm³/mol. The Balaban J connectivity index is 2.13. The highest BCUT2D eigenvalue weighted by atomic mass is 32.2. The molecule has 0 radical (unpaired) electrons. The van der Waals surface area contributed by atoms with E-state index in [1.807, 2.05) is 0 Å². The highest BCUT2D eigenvalue weighted by Gasteiger charge is 2.30. The second-order valence-corrected chi connectivity index (χ2v) is 7.14. The number of non-ortho nitro benzene ring substituents is 1. The van der Waals surface area contributed by atoms with E-state index in [0.717, 1.165) is 6.07 Å². The van der Waals surface area contributed by atoms with E-state index in [-0.39, 0.29) is 36.0 Å². The number of piperidine rings is 1. The van der Waals surface area contributed by atoms with Gasteiger partial charge in [-0.15, -0.1) is 0 Å². The Hall–Kier alpha value is -2.00. The average molecular weight is 328 g/mol. The molecule has 2 rings (SSSR count). The highest BCUT2D eigenvalue weighted by molar-refractivity contribution is 7.89. The number of nitro groups is 1. The molecule has 0 amide bonds. The number of carboxylic acid groups (broad SMARTS) is 1. The summed E-state index contributed by atoms with van der Waals surface area (Å²) in [7, 11) is -3.79. The van der Waals surface area contributed by atoms with Gasteiger partial charge in [0, 0.05) is 31.6 Å². The van der Waals surface area contributed by atoms with E-state index in [1.165, 1.54) is 22.5 Å². The van der Waals surface area contributed by atoms with Gasteiger partial charge in [-0.05, 0) is 24.8 Å². The van der Waals surface area contributed by atoms with E-state index >= 15 is 0 Å². The van der Waals surface area contributed by atoms with Crippen LogP contribution in [0.25, 0.3) is 0 Å². The molecule has 8 nitrogen and oxygen atoms in total. The number of benzene rings is 1. The fourth-order valence-electron chi connectivity index (χ4n) is 2.51. The minimum Gasteiger partial charge on any atom is -0.481 e. The molecule has 1 heterocycles. The van der Waals surface area contributed by atoms with Gasteiger partial charge in [-0.3, -0.25) is 14.9 Å². The van der Waals surface area contributed by atoms with Crippen LogP contribution >= 0.6 is 0 Å². The second-order valence-electron chi connectivity index (χ2n) is 5.20. The molecule has 0 bridgehead atoms. The number of hydrogen-bond acceptors (Lipinski definition) is 5. The molecule has 1 fully saturated rings. The molecule has 1 aliphatic heterocycles. The third-order valence-corrected chi connectivity index (χ3v) is 5.60. The van der Waals surface area contributed by atoms with Crippen LogP contribution in [-0.2, 0) is 14.8 Å². The van der Waals surface area contributed by atoms with Gasteiger partial charge in [0.05, 0.1) is 9.82 Å². The van der Waals surface area contributed by atoms with Crippen LogP contribution in [0.2, 0.25) is 0 Å². The lowest BCUT2D eigenvalue weighted by atomic mass is 9.95. The molecule has 0 spiro atoms. The third-order valence-electron chi connectivity index (χ3n) is 3.70. The fourth-order valence-corrected chi connectivity index (χ4v) is 4.02. The van der Waals surface area contributed by atoms with Crippen molar-refractivity contribution in [2.75, 3.05) is 13.1 Å². The molecular weight excluding hydrogens is 312 g/mol. The molecule has 0 atom stereocenters. The van der Waals surface area contributed by atoms with E-state index in [4.69, 9.17) is 5.11 Å². The van der Waals surface area contributed by atoms with Crippen LogP contribution in [0.4, 0.5) is 5.69 Å². The van der Waals surface area contributed by atoms with Crippen LogP contribution in [-0.4, -0.2) is 41.8 Å². The van der Waals surface area contributed by atoms with Gasteiger partial charge in [0.1, 0.15) is 0 Å². The topological polar surface area (TPSA) is 118 Å². The molecule has 0 saturated carbocycles. The summed E-state index contributed by atoms with van der Waals surface area (Å²) in [6, 6.07) is 4.94. The third kappa shape index (κ3) is 3.60. The predicted octanol–water partition coefficient (Wildman–Crippen LogP) is 1.47. The lowest BCUT2D eigenvalue weighted by Gasteiger charge is -2.30. The standard InChI is InChI=1S/C13H16N2O6S/c16-13(17)8-10-4-6-14(7-5-10)22(20,21)12-3-1-2-11(9-12)15(18)19/h1-3,9-10H,4-8H2,(H,16,17). The smallest absolute Gasteiger partial charge is 0.303 e. The van der Waals surface area contributed by atoms with Crippen molar-refractivity contribution in [3.63, 3.8) is 0 Å². The van der Waals surface area contributed by atoms with Crippen LogP contribution in [0.15, 0.2) is 29.2 Å². The number of sulfonamides is 1. The molecule has 1 saturated heterocycles. The number of nitrogens with zero attached hydrogens (tertiary/aromatic N) is 2. The van der Waals surface area contributed by atoms with Crippen molar-refractivity contribution in [2.45, 2.75) is 24.2 Å². The summed E-state index contributed by atoms with van der Waals surface area (Å²) in [5.74, 6) is -0.922. The van der Waals surface area contributed by atoms with Gasteiger partial charge >= 0.3 is 5.97 Å². The van der Waals surface area contributed by atoms with Crippen molar-refractivity contribution in [3.8, 4) is 0 Å². The first-order valence-corrected chi connectivity index (χ1v) is 8.21. The van der Waals surface area contributed by atoms with E-state index in [2.05, 4.69) is 0 Å². The van der Waals surface area contributed by atoms with Crippen LogP contribution in [0.1, 0.15) is 19.3 Å². The van der Waals surface area contributed by atoms with E-state index in [0.29, 0.717) is 12.8 Å². The van der Waals surface area contributed by atoms with Gasteiger partial charge in [-0.1, -0.05) is 6.07 Å². The number of rotatable bonds is 5. The first-order chi connectivity index (χ1) is 10.3. The summed E-state index contributed by atoms with van der Waals surface area (Å²) in [4.78, 5) is 20.7. The van der Waals surface area contributed by atoms with Crippen molar-refractivity contribution in [3.05, 3.63) is 34.4 Å². The Morgan fingerprint density at radius 2 is 2.00 bits per heavy atom. The fraction of sp³-hybridized carbons (Fsp3) is 0.462. The van der Waals surface area contributed by atoms with Gasteiger partial charge < -0.3 is 5.11 Å². The van der Waals surface area contributed by atoms with Gasteiger partial charge in [-0.2, -0.15) is 4.31 Å². The van der Waals surface area contributed by atoms with Gasteiger partial charge in [0.25, 0.3) is 5.69 Å². The molecular formula is C13H16N2O6S. The molecule has 1 aromatic carbocycles. The first kappa shape index (κ1) is 16.4.